The summed E-state index contributed by atoms with van der Waals surface area (Å²) < 4.78 is 2.19. The normalized spacial score (nSPS) is 13.4. The highest BCUT2D eigenvalue weighted by molar-refractivity contribution is 7.10. The number of hydrogen-bond acceptors (Lipinski definition) is 3. The molecule has 6 heteroatoms. The van der Waals surface area contributed by atoms with Crippen LogP contribution in [0.2, 0.25) is 0 Å². The van der Waals surface area contributed by atoms with Crippen LogP contribution in [0.5, 0.6) is 0 Å². The molecule has 2 heterocycles. The first kappa shape index (κ1) is 16.5. The van der Waals surface area contributed by atoms with Gasteiger partial charge in [-0.05, 0) is 24.3 Å². The fourth-order valence-corrected chi connectivity index (χ4v) is 2.97. The molecule has 0 fully saturated rings. The van der Waals surface area contributed by atoms with Gasteiger partial charge >= 0.3 is 0 Å². The first-order valence-electron chi connectivity index (χ1n) is 7.60. The second kappa shape index (κ2) is 7.98. The smallest absolute Gasteiger partial charge is 0.191 e. The van der Waals surface area contributed by atoms with Gasteiger partial charge in [-0.2, -0.15) is 0 Å². The van der Waals surface area contributed by atoms with E-state index in [4.69, 9.17) is 0 Å². The minimum Gasteiger partial charge on any atom is -0.349 e. The fourth-order valence-electron chi connectivity index (χ4n) is 2.24. The lowest BCUT2D eigenvalue weighted by molar-refractivity contribution is 0.503. The summed E-state index contributed by atoms with van der Waals surface area (Å²) in [5.74, 6) is 2.42. The molecule has 0 aliphatic heterocycles. The van der Waals surface area contributed by atoms with Crippen molar-refractivity contribution in [2.75, 3.05) is 7.05 Å². The molecule has 0 saturated heterocycles. The summed E-state index contributed by atoms with van der Waals surface area (Å²) in [4.78, 5) is 10.0. The van der Waals surface area contributed by atoms with Gasteiger partial charge in [-0.1, -0.05) is 19.9 Å². The average molecular weight is 319 g/mol. The maximum absolute atomic E-state index is 4.42. The van der Waals surface area contributed by atoms with E-state index in [1.165, 1.54) is 4.88 Å². The monoisotopic (exact) mass is 319 g/mol. The Bertz CT molecular complexity index is 585. The number of nitrogens with zero attached hydrogens (tertiary/aromatic N) is 3. The zero-order valence-corrected chi connectivity index (χ0v) is 14.5. The van der Waals surface area contributed by atoms with Crippen LogP contribution in [-0.4, -0.2) is 22.6 Å². The zero-order chi connectivity index (χ0) is 15.9. The Morgan fingerprint density at radius 3 is 2.86 bits per heavy atom. The minimum absolute atomic E-state index is 0.238. The van der Waals surface area contributed by atoms with E-state index in [0.29, 0.717) is 12.5 Å². The maximum Gasteiger partial charge on any atom is 0.191 e. The Hall–Kier alpha value is -1.82. The van der Waals surface area contributed by atoms with E-state index in [-0.39, 0.29) is 6.04 Å². The van der Waals surface area contributed by atoms with E-state index in [0.717, 1.165) is 18.3 Å². The Balaban J connectivity index is 1.90. The quantitative estimate of drug-likeness (QED) is 0.635. The van der Waals surface area contributed by atoms with Gasteiger partial charge in [0, 0.05) is 30.9 Å². The molecule has 0 aliphatic carbocycles. The van der Waals surface area contributed by atoms with Gasteiger partial charge < -0.3 is 15.2 Å². The highest BCUT2D eigenvalue weighted by Gasteiger charge is 2.10. The summed E-state index contributed by atoms with van der Waals surface area (Å²) in [5, 5.41) is 8.83. The molecule has 0 bridgehead atoms. The van der Waals surface area contributed by atoms with Crippen LogP contribution in [0.25, 0.3) is 0 Å². The Kier molecular flexibility index (Phi) is 6.00. The van der Waals surface area contributed by atoms with E-state index in [2.05, 4.69) is 63.5 Å². The molecule has 0 spiro atoms. The number of guanidine groups is 1. The SMILES string of the molecule is CN=C(NCc1nccn1CC(C)C)NC(C)c1cccs1. The van der Waals surface area contributed by atoms with E-state index < -0.39 is 0 Å². The van der Waals surface area contributed by atoms with E-state index >= 15 is 0 Å². The summed E-state index contributed by atoms with van der Waals surface area (Å²) in [7, 11) is 1.79. The highest BCUT2D eigenvalue weighted by Crippen LogP contribution is 2.17. The lowest BCUT2D eigenvalue weighted by Gasteiger charge is -2.17. The van der Waals surface area contributed by atoms with Crippen LogP contribution in [0.15, 0.2) is 34.9 Å². The van der Waals surface area contributed by atoms with E-state index in [1.54, 1.807) is 18.4 Å². The van der Waals surface area contributed by atoms with Gasteiger partial charge in [0.1, 0.15) is 5.82 Å². The van der Waals surface area contributed by atoms with Crippen molar-refractivity contribution in [3.63, 3.8) is 0 Å². The molecule has 22 heavy (non-hydrogen) atoms. The molecule has 0 aliphatic rings. The lowest BCUT2D eigenvalue weighted by atomic mass is 10.2. The molecule has 0 radical (unpaired) electrons. The molecule has 2 N–H and O–H groups in total. The molecule has 0 amide bonds. The van der Waals surface area contributed by atoms with Crippen molar-refractivity contribution in [3.05, 3.63) is 40.6 Å². The van der Waals surface area contributed by atoms with Gasteiger partial charge in [0.05, 0.1) is 12.6 Å². The predicted molar refractivity (Wildman–Crippen MR) is 93.1 cm³/mol. The third-order valence-corrected chi connectivity index (χ3v) is 4.38. The van der Waals surface area contributed by atoms with Crippen molar-refractivity contribution in [1.29, 1.82) is 0 Å². The van der Waals surface area contributed by atoms with Crippen molar-refractivity contribution in [1.82, 2.24) is 20.2 Å². The van der Waals surface area contributed by atoms with Crippen LogP contribution in [0.1, 0.15) is 37.5 Å². The maximum atomic E-state index is 4.42. The van der Waals surface area contributed by atoms with Gasteiger partial charge in [0.15, 0.2) is 5.96 Å². The average Bonchev–Trinajstić information content (AvgIpc) is 3.14. The molecule has 120 valence electrons. The molecule has 1 atom stereocenters. The molecule has 0 aromatic carbocycles. The van der Waals surface area contributed by atoms with Crippen LogP contribution in [0, 0.1) is 5.92 Å². The molecule has 2 rings (SSSR count). The second-order valence-corrected chi connectivity index (χ2v) is 6.68. The van der Waals surface area contributed by atoms with E-state index in [9.17, 15) is 0 Å². The Morgan fingerprint density at radius 1 is 1.41 bits per heavy atom. The van der Waals surface area contributed by atoms with Crippen molar-refractivity contribution in [3.8, 4) is 0 Å². The number of aliphatic imine (C=N–C) groups is 1. The molecule has 2 aromatic rings. The van der Waals surface area contributed by atoms with Crippen LogP contribution >= 0.6 is 11.3 Å². The minimum atomic E-state index is 0.238. The first-order chi connectivity index (χ1) is 10.6. The summed E-state index contributed by atoms with van der Waals surface area (Å²) in [6, 6.07) is 4.43. The van der Waals surface area contributed by atoms with Crippen molar-refractivity contribution >= 4 is 17.3 Å². The fraction of sp³-hybridized carbons (Fsp3) is 0.500. The highest BCUT2D eigenvalue weighted by atomic mass is 32.1. The van der Waals surface area contributed by atoms with Gasteiger partial charge in [-0.3, -0.25) is 4.99 Å². The summed E-state index contributed by atoms with van der Waals surface area (Å²) in [6.07, 6.45) is 3.88. The van der Waals surface area contributed by atoms with Crippen molar-refractivity contribution in [2.45, 2.75) is 39.9 Å². The summed E-state index contributed by atoms with van der Waals surface area (Å²) >= 11 is 1.75. The van der Waals surface area contributed by atoms with Crippen molar-refractivity contribution in [2.24, 2.45) is 10.9 Å². The van der Waals surface area contributed by atoms with Crippen LogP contribution in [0.4, 0.5) is 0 Å². The number of hydrogen-bond donors (Lipinski definition) is 2. The van der Waals surface area contributed by atoms with Crippen molar-refractivity contribution < 1.29 is 0 Å². The number of imidazole rings is 1. The Morgan fingerprint density at radius 2 is 2.23 bits per heavy atom. The van der Waals surface area contributed by atoms with Crippen LogP contribution in [-0.2, 0) is 13.1 Å². The number of aromatic nitrogens is 2. The van der Waals surface area contributed by atoms with Gasteiger partial charge in [-0.15, -0.1) is 11.3 Å². The van der Waals surface area contributed by atoms with Crippen LogP contribution < -0.4 is 10.6 Å². The largest absolute Gasteiger partial charge is 0.349 e. The summed E-state index contributed by atoms with van der Waals surface area (Å²) in [5.41, 5.74) is 0. The first-order valence-corrected chi connectivity index (χ1v) is 8.48. The topological polar surface area (TPSA) is 54.2 Å². The standard InChI is InChI=1S/C16H25N5S/c1-12(2)11-21-8-7-18-15(21)10-19-16(17-4)20-13(3)14-6-5-9-22-14/h5-9,12-13H,10-11H2,1-4H3,(H2,17,19,20). The third kappa shape index (κ3) is 4.59. The molecular weight excluding hydrogens is 294 g/mol. The second-order valence-electron chi connectivity index (χ2n) is 5.70. The third-order valence-electron chi connectivity index (χ3n) is 3.32. The molecule has 1 unspecified atom stereocenters. The number of nitrogens with one attached hydrogen (secondary N) is 2. The Labute approximate surface area is 136 Å². The van der Waals surface area contributed by atoms with Gasteiger partial charge in [-0.25, -0.2) is 4.98 Å². The van der Waals surface area contributed by atoms with Gasteiger partial charge in [0.25, 0.3) is 0 Å². The molecular formula is C16H25N5S. The molecule has 5 nitrogen and oxygen atoms in total. The van der Waals surface area contributed by atoms with Crippen LogP contribution in [0.3, 0.4) is 0 Å². The van der Waals surface area contributed by atoms with Gasteiger partial charge in [0.2, 0.25) is 0 Å². The number of rotatable bonds is 6. The molecule has 0 saturated carbocycles. The predicted octanol–water partition coefficient (Wildman–Crippen LogP) is 3.03. The van der Waals surface area contributed by atoms with E-state index in [1.807, 2.05) is 12.4 Å². The number of thiophene rings is 1. The lowest BCUT2D eigenvalue weighted by Crippen LogP contribution is -2.38. The summed E-state index contributed by atoms with van der Waals surface area (Å²) in [6.45, 7) is 8.20. The zero-order valence-electron chi connectivity index (χ0n) is 13.7. The molecule has 2 aromatic heterocycles.